The van der Waals surface area contributed by atoms with Crippen molar-refractivity contribution >= 4 is 0 Å². The standard InChI is InChI=1S/3C6H12.C5H12.3CH4/c3*1-5(2)6(3)4;1-5(2,3)4;;;/h3*1-4H3;1-4H3;3*1H4. The molecule has 0 saturated heterocycles. The molecule has 0 heteroatoms. The highest BCUT2D eigenvalue weighted by Gasteiger charge is 1.95. The zero-order chi connectivity index (χ0) is 20.0. The molecule has 0 radical (unpaired) electrons. The van der Waals surface area contributed by atoms with Crippen molar-refractivity contribution in [1.29, 1.82) is 0 Å². The maximum Gasteiger partial charge on any atom is -0.0411 e. The Morgan fingerprint density at radius 2 is 0.346 bits per heavy atom. The van der Waals surface area contributed by atoms with E-state index in [0.29, 0.717) is 5.41 Å². The molecule has 0 rings (SSSR count). The van der Waals surface area contributed by atoms with Crippen LogP contribution in [0.3, 0.4) is 0 Å². The SMILES string of the molecule is C.C.C.CC(C)(C)C.CC(C)=C(C)C.CC(C)=C(C)C.CC(C)=C(C)C. The molecule has 0 fully saturated rings. The maximum atomic E-state index is 2.19. The average molecular weight is 373 g/mol. The molecule has 0 heterocycles. The number of rotatable bonds is 0. The maximum absolute atomic E-state index is 2.19. The third-order valence-corrected chi connectivity index (χ3v) is 3.00. The van der Waals surface area contributed by atoms with E-state index >= 15 is 0 Å². The van der Waals surface area contributed by atoms with Gasteiger partial charge in [0.2, 0.25) is 0 Å². The molecule has 0 atom stereocenters. The lowest BCUT2D eigenvalue weighted by molar-refractivity contribution is 0.469. The van der Waals surface area contributed by atoms with E-state index in [1.807, 2.05) is 0 Å². The normalized spacial score (nSPS) is 7.85. The van der Waals surface area contributed by atoms with Crippen LogP contribution in [0.5, 0.6) is 0 Å². The lowest BCUT2D eigenvalue weighted by Crippen LogP contribution is -1.93. The summed E-state index contributed by atoms with van der Waals surface area (Å²) in [5.74, 6) is 0. The minimum absolute atomic E-state index is 0. The van der Waals surface area contributed by atoms with Gasteiger partial charge < -0.3 is 0 Å². The third-order valence-electron chi connectivity index (χ3n) is 3.00. The van der Waals surface area contributed by atoms with Gasteiger partial charge in [-0.25, -0.2) is 0 Å². The molecule has 0 saturated carbocycles. The molecule has 0 aliphatic carbocycles. The Morgan fingerprint density at radius 3 is 0.346 bits per heavy atom. The van der Waals surface area contributed by atoms with Crippen LogP contribution in [-0.2, 0) is 0 Å². The summed E-state index contributed by atoms with van der Waals surface area (Å²) >= 11 is 0. The highest BCUT2D eigenvalue weighted by molar-refractivity contribution is 5.03. The van der Waals surface area contributed by atoms with Gasteiger partial charge in [0.1, 0.15) is 0 Å². The largest absolute Gasteiger partial charge is 0.0778 e. The Morgan fingerprint density at radius 1 is 0.308 bits per heavy atom. The van der Waals surface area contributed by atoms with Crippen molar-refractivity contribution in [2.45, 2.75) is 133 Å². The van der Waals surface area contributed by atoms with Crippen LogP contribution in [-0.4, -0.2) is 0 Å². The van der Waals surface area contributed by atoms with E-state index in [4.69, 9.17) is 0 Å². The van der Waals surface area contributed by atoms with E-state index in [-0.39, 0.29) is 22.3 Å². The highest BCUT2D eigenvalue weighted by atomic mass is 14.0. The van der Waals surface area contributed by atoms with Crippen LogP contribution in [0.25, 0.3) is 0 Å². The minimum Gasteiger partial charge on any atom is -0.0778 e. The Kier molecular flexibility index (Phi) is 41.5. The molecule has 0 spiro atoms. The molecule has 164 valence electrons. The summed E-state index contributed by atoms with van der Waals surface area (Å²) in [6.45, 7) is 34.2. The monoisotopic (exact) mass is 372 g/mol. The smallest absolute Gasteiger partial charge is 0.0411 e. The van der Waals surface area contributed by atoms with Gasteiger partial charge in [0.25, 0.3) is 0 Å². The molecule has 0 amide bonds. The second-order valence-electron chi connectivity index (χ2n) is 9.00. The van der Waals surface area contributed by atoms with Gasteiger partial charge in [0.15, 0.2) is 0 Å². The van der Waals surface area contributed by atoms with Crippen LogP contribution >= 0.6 is 0 Å². The summed E-state index contributed by atoms with van der Waals surface area (Å²) in [5.41, 5.74) is 9.06. The molecule has 26 heavy (non-hydrogen) atoms. The molecule has 0 nitrogen and oxygen atoms in total. The molecule has 0 aromatic carbocycles. The molecule has 0 aliphatic rings. The molecule has 0 aromatic heterocycles. The van der Waals surface area contributed by atoms with E-state index in [0.717, 1.165) is 0 Å². The third kappa shape index (κ3) is 91.1. The first-order valence-corrected chi connectivity index (χ1v) is 8.75. The Balaban J connectivity index is -0.0000000357. The molecule has 0 bridgehead atoms. The van der Waals surface area contributed by atoms with Crippen LogP contribution in [0.2, 0.25) is 0 Å². The molecule has 0 N–H and O–H groups in total. The topological polar surface area (TPSA) is 0 Å². The minimum atomic E-state index is 0. The van der Waals surface area contributed by atoms with Crippen molar-refractivity contribution in [3.63, 3.8) is 0 Å². The summed E-state index contributed by atoms with van der Waals surface area (Å²) in [6, 6.07) is 0. The summed E-state index contributed by atoms with van der Waals surface area (Å²) in [6.07, 6.45) is 0. The van der Waals surface area contributed by atoms with Gasteiger partial charge in [-0.05, 0) is 88.5 Å². The van der Waals surface area contributed by atoms with Crippen LogP contribution in [0.15, 0.2) is 33.4 Å². The Labute approximate surface area is 172 Å². The van der Waals surface area contributed by atoms with Crippen LogP contribution in [0.1, 0.15) is 133 Å². The van der Waals surface area contributed by atoms with E-state index in [9.17, 15) is 0 Å². The van der Waals surface area contributed by atoms with Gasteiger partial charge in [0, 0.05) is 0 Å². The number of allylic oxidation sites excluding steroid dienone is 6. The van der Waals surface area contributed by atoms with Gasteiger partial charge in [-0.3, -0.25) is 0 Å². The van der Waals surface area contributed by atoms with E-state index in [1.165, 1.54) is 33.4 Å². The number of hydrogen-bond acceptors (Lipinski definition) is 0. The van der Waals surface area contributed by atoms with E-state index in [2.05, 4.69) is 111 Å². The van der Waals surface area contributed by atoms with Gasteiger partial charge >= 0.3 is 0 Å². The molecule has 0 unspecified atom stereocenters. The molecule has 0 aliphatic heterocycles. The van der Waals surface area contributed by atoms with E-state index < -0.39 is 0 Å². The fourth-order valence-electron chi connectivity index (χ4n) is 0. The fourth-order valence-corrected chi connectivity index (χ4v) is 0. The number of hydrogen-bond donors (Lipinski definition) is 0. The molecule has 0 aromatic rings. The summed E-state index contributed by atoms with van der Waals surface area (Å²) in [7, 11) is 0. The predicted octanol–water partition coefficient (Wildman–Crippen LogP) is 11.0. The van der Waals surface area contributed by atoms with Crippen molar-refractivity contribution < 1.29 is 0 Å². The highest BCUT2D eigenvalue weighted by Crippen LogP contribution is 2.08. The van der Waals surface area contributed by atoms with Crippen LogP contribution in [0, 0.1) is 5.41 Å². The van der Waals surface area contributed by atoms with Gasteiger partial charge in [-0.15, -0.1) is 0 Å². The van der Waals surface area contributed by atoms with Crippen molar-refractivity contribution in [3.8, 4) is 0 Å². The van der Waals surface area contributed by atoms with Crippen molar-refractivity contribution in [3.05, 3.63) is 33.4 Å². The lowest BCUT2D eigenvalue weighted by Gasteiger charge is -2.05. The fraction of sp³-hybridized carbons (Fsp3) is 0.769. The van der Waals surface area contributed by atoms with Gasteiger partial charge in [0.05, 0.1) is 0 Å². The van der Waals surface area contributed by atoms with Crippen LogP contribution < -0.4 is 0 Å². The Bertz CT molecular complexity index is 266. The lowest BCUT2D eigenvalue weighted by atomic mass is 10.0. The zero-order valence-corrected chi connectivity index (χ0v) is 19.5. The second-order valence-corrected chi connectivity index (χ2v) is 9.00. The summed E-state index contributed by atoms with van der Waals surface area (Å²) in [5, 5.41) is 0. The first-order chi connectivity index (χ1) is 9.93. The van der Waals surface area contributed by atoms with Crippen molar-refractivity contribution in [2.24, 2.45) is 5.41 Å². The molecular formula is C26H60. The molecular weight excluding hydrogens is 312 g/mol. The summed E-state index contributed by atoms with van der Waals surface area (Å²) < 4.78 is 0. The predicted molar refractivity (Wildman–Crippen MR) is 134 cm³/mol. The van der Waals surface area contributed by atoms with Gasteiger partial charge in [-0.1, -0.05) is 83.4 Å². The quantitative estimate of drug-likeness (QED) is 0.371. The summed E-state index contributed by atoms with van der Waals surface area (Å²) in [4.78, 5) is 0. The van der Waals surface area contributed by atoms with Crippen LogP contribution in [0.4, 0.5) is 0 Å². The zero-order valence-electron chi connectivity index (χ0n) is 19.5. The van der Waals surface area contributed by atoms with Crippen molar-refractivity contribution in [1.82, 2.24) is 0 Å². The average Bonchev–Trinajstić information content (AvgIpc) is 2.27. The van der Waals surface area contributed by atoms with E-state index in [1.54, 1.807) is 0 Å². The first kappa shape index (κ1) is 44.6. The second kappa shape index (κ2) is 24.2. The van der Waals surface area contributed by atoms with Crippen molar-refractivity contribution in [2.75, 3.05) is 0 Å². The first-order valence-electron chi connectivity index (χ1n) is 8.75. The van der Waals surface area contributed by atoms with Gasteiger partial charge in [-0.2, -0.15) is 0 Å². The Hall–Kier alpha value is -0.780.